The molecule has 0 aromatic heterocycles. The van der Waals surface area contributed by atoms with E-state index < -0.39 is 30.8 Å². The van der Waals surface area contributed by atoms with Crippen LogP contribution in [0.15, 0.2) is 76.6 Å². The van der Waals surface area contributed by atoms with Crippen LogP contribution in [-0.4, -0.2) is 89.2 Å². The van der Waals surface area contributed by atoms with Crippen LogP contribution in [0.2, 0.25) is 10.0 Å². The number of nitrogens with one attached hydrogen (secondary N) is 1. The summed E-state index contributed by atoms with van der Waals surface area (Å²) in [5.74, 6) is 1.16. The molecule has 3 aromatic rings. The predicted octanol–water partition coefficient (Wildman–Crippen LogP) is 5.74. The molecule has 0 spiro atoms. The molecule has 0 amide bonds. The Morgan fingerprint density at radius 2 is 1.56 bits per heavy atom. The van der Waals surface area contributed by atoms with Crippen LogP contribution in [0.3, 0.4) is 0 Å². The van der Waals surface area contributed by atoms with Crippen LogP contribution in [0.5, 0.6) is 5.75 Å². The van der Waals surface area contributed by atoms with Gasteiger partial charge in [0.05, 0.1) is 40.3 Å². The van der Waals surface area contributed by atoms with Gasteiger partial charge in [0.15, 0.2) is 9.84 Å². The standard InChI is InChI=1S/C35H44Cl2N4O5S2/c1-6-46-31-23-29(48(44,45)7-2)17-18-30(31)33-39-34(3,25-9-13-27(36)14-10-25)35(4,26-11-15-28(37)16-12-26)41(33)32-24-40(21-19-38-32)20-8-22-47(5,42)43/h9-18,23,32,38H,6-8,19-22,24H2,1-5H3/t32?,34-,35+/m0/s1. The Hall–Kier alpha value is -2.67. The van der Waals surface area contributed by atoms with Gasteiger partial charge in [-0.05, 0) is 87.3 Å². The largest absolute Gasteiger partial charge is 0.493 e. The average molecular weight is 736 g/mol. The highest BCUT2D eigenvalue weighted by atomic mass is 35.5. The number of hydrogen-bond acceptors (Lipinski definition) is 9. The van der Waals surface area contributed by atoms with Crippen molar-refractivity contribution < 1.29 is 21.6 Å². The molecule has 1 fully saturated rings. The Kier molecular flexibility index (Phi) is 10.9. The van der Waals surface area contributed by atoms with Crippen LogP contribution < -0.4 is 10.1 Å². The second-order valence-corrected chi connectivity index (χ2v) is 18.1. The van der Waals surface area contributed by atoms with Gasteiger partial charge in [0, 0.05) is 35.9 Å². The summed E-state index contributed by atoms with van der Waals surface area (Å²) < 4.78 is 55.9. The second-order valence-electron chi connectivity index (χ2n) is 12.7. The third-order valence-electron chi connectivity index (χ3n) is 9.57. The van der Waals surface area contributed by atoms with Crippen molar-refractivity contribution in [3.8, 4) is 5.75 Å². The number of hydrogen-bond donors (Lipinski definition) is 1. The highest BCUT2D eigenvalue weighted by Gasteiger charge is 2.59. The molecule has 9 nitrogen and oxygen atoms in total. The van der Waals surface area contributed by atoms with Crippen LogP contribution in [-0.2, 0) is 30.8 Å². The zero-order valence-corrected chi connectivity index (χ0v) is 31.2. The molecule has 5 rings (SSSR count). The van der Waals surface area contributed by atoms with Gasteiger partial charge in [-0.3, -0.25) is 15.2 Å². The lowest BCUT2D eigenvalue weighted by molar-refractivity contribution is 0.0362. The van der Waals surface area contributed by atoms with Gasteiger partial charge in [-0.25, -0.2) is 16.8 Å². The number of piperazine rings is 1. The number of nitrogens with zero attached hydrogens (tertiary/aromatic N) is 3. The molecular formula is C35H44Cl2N4O5S2. The number of halogens is 2. The molecular weight excluding hydrogens is 691 g/mol. The summed E-state index contributed by atoms with van der Waals surface area (Å²) in [5.41, 5.74) is 0.890. The van der Waals surface area contributed by atoms with E-state index in [1.807, 2.05) is 55.5 Å². The van der Waals surface area contributed by atoms with Crippen molar-refractivity contribution in [2.75, 3.05) is 50.5 Å². The normalized spacial score (nSPS) is 23.7. The van der Waals surface area contributed by atoms with Crippen LogP contribution in [0.1, 0.15) is 50.8 Å². The number of sulfone groups is 2. The summed E-state index contributed by atoms with van der Waals surface area (Å²) in [6.07, 6.45) is 1.53. The van der Waals surface area contributed by atoms with E-state index in [1.54, 1.807) is 25.1 Å². The van der Waals surface area contributed by atoms with Crippen LogP contribution in [0.25, 0.3) is 0 Å². The molecule has 1 unspecified atom stereocenters. The summed E-state index contributed by atoms with van der Waals surface area (Å²) in [4.78, 5) is 10.3. The first-order valence-electron chi connectivity index (χ1n) is 16.2. The monoisotopic (exact) mass is 734 g/mol. The molecule has 0 bridgehead atoms. The highest BCUT2D eigenvalue weighted by Crippen LogP contribution is 2.54. The first-order chi connectivity index (χ1) is 22.6. The van der Waals surface area contributed by atoms with Crippen LogP contribution in [0.4, 0.5) is 0 Å². The van der Waals surface area contributed by atoms with Gasteiger partial charge >= 0.3 is 0 Å². The topological polar surface area (TPSA) is 108 Å². The van der Waals surface area contributed by atoms with E-state index in [1.165, 1.54) is 6.26 Å². The smallest absolute Gasteiger partial charge is 0.178 e. The van der Waals surface area contributed by atoms with E-state index >= 15 is 0 Å². The van der Waals surface area contributed by atoms with Gasteiger partial charge in [0.2, 0.25) is 0 Å². The van der Waals surface area contributed by atoms with Crippen LogP contribution >= 0.6 is 23.2 Å². The van der Waals surface area contributed by atoms with E-state index in [0.717, 1.165) is 17.7 Å². The molecule has 3 aromatic carbocycles. The maximum absolute atomic E-state index is 12.9. The van der Waals surface area contributed by atoms with Gasteiger partial charge < -0.3 is 9.64 Å². The number of benzene rings is 3. The summed E-state index contributed by atoms with van der Waals surface area (Å²) in [6, 6.07) is 20.5. The van der Waals surface area contributed by atoms with E-state index in [4.69, 9.17) is 32.9 Å². The minimum Gasteiger partial charge on any atom is -0.493 e. The number of ether oxygens (including phenoxy) is 1. The minimum absolute atomic E-state index is 0.0323. The lowest BCUT2D eigenvalue weighted by atomic mass is 9.70. The third-order valence-corrected chi connectivity index (χ3v) is 12.8. The van der Waals surface area contributed by atoms with E-state index in [9.17, 15) is 16.8 Å². The average Bonchev–Trinajstić information content (AvgIpc) is 3.29. The van der Waals surface area contributed by atoms with Crippen molar-refractivity contribution in [3.63, 3.8) is 0 Å². The molecule has 13 heteroatoms. The molecule has 0 saturated carbocycles. The first kappa shape index (κ1) is 36.6. The molecule has 1 N–H and O–H groups in total. The number of amidine groups is 1. The predicted molar refractivity (Wildman–Crippen MR) is 194 cm³/mol. The summed E-state index contributed by atoms with van der Waals surface area (Å²) in [6.45, 7) is 10.8. The van der Waals surface area contributed by atoms with Crippen molar-refractivity contribution in [2.45, 2.75) is 56.3 Å². The Labute approximate surface area is 295 Å². The minimum atomic E-state index is -3.50. The fraction of sp³-hybridized carbons (Fsp3) is 0.457. The van der Waals surface area contributed by atoms with Gasteiger partial charge in [0.25, 0.3) is 0 Å². The molecule has 2 aliphatic heterocycles. The maximum atomic E-state index is 12.9. The van der Waals surface area contributed by atoms with Crippen LogP contribution in [0, 0.1) is 0 Å². The third kappa shape index (κ3) is 7.27. The van der Waals surface area contributed by atoms with Gasteiger partial charge in [0.1, 0.15) is 27.0 Å². The Morgan fingerprint density at radius 1 is 0.938 bits per heavy atom. The molecule has 0 aliphatic carbocycles. The maximum Gasteiger partial charge on any atom is 0.178 e. The summed E-state index contributed by atoms with van der Waals surface area (Å²) in [5, 5.41) is 4.95. The quantitative estimate of drug-likeness (QED) is 0.251. The van der Waals surface area contributed by atoms with Gasteiger partial charge in [-0.2, -0.15) is 0 Å². The van der Waals surface area contributed by atoms with E-state index in [2.05, 4.69) is 29.0 Å². The van der Waals surface area contributed by atoms with Crippen molar-refractivity contribution in [1.82, 2.24) is 15.1 Å². The fourth-order valence-electron chi connectivity index (χ4n) is 6.82. The molecule has 2 aliphatic rings. The molecule has 1 saturated heterocycles. The first-order valence-corrected chi connectivity index (χ1v) is 20.6. The van der Waals surface area contributed by atoms with Crippen molar-refractivity contribution in [1.29, 1.82) is 0 Å². The number of aliphatic imine (C=N–C) groups is 1. The lowest BCUT2D eigenvalue weighted by Crippen LogP contribution is -2.65. The molecule has 2 heterocycles. The molecule has 0 radical (unpaired) electrons. The van der Waals surface area contributed by atoms with E-state index in [0.29, 0.717) is 59.9 Å². The van der Waals surface area contributed by atoms with Gasteiger partial charge in [-0.15, -0.1) is 0 Å². The van der Waals surface area contributed by atoms with Gasteiger partial charge in [-0.1, -0.05) is 54.4 Å². The lowest BCUT2D eigenvalue weighted by Gasteiger charge is -2.51. The second kappa shape index (κ2) is 14.3. The zero-order chi connectivity index (χ0) is 34.9. The summed E-state index contributed by atoms with van der Waals surface area (Å²) >= 11 is 12.8. The SMILES string of the molecule is CCOc1cc(S(=O)(=O)CC)ccc1C1=N[C@@](C)(c2ccc(Cl)cc2)[C@@](C)(c2ccc(Cl)cc2)N1C1CN(CCCS(C)(=O)=O)CCN1. The van der Waals surface area contributed by atoms with Crippen molar-refractivity contribution in [3.05, 3.63) is 93.5 Å². The zero-order valence-electron chi connectivity index (χ0n) is 28.0. The Bertz CT molecular complexity index is 1870. The Balaban J connectivity index is 1.73. The van der Waals surface area contributed by atoms with E-state index in [-0.39, 0.29) is 22.6 Å². The Morgan fingerprint density at radius 3 is 2.15 bits per heavy atom. The number of rotatable bonds is 12. The fourth-order valence-corrected chi connectivity index (χ4v) is 8.62. The van der Waals surface area contributed by atoms with Crippen molar-refractivity contribution in [2.24, 2.45) is 4.99 Å². The molecule has 3 atom stereocenters. The molecule has 260 valence electrons. The highest BCUT2D eigenvalue weighted by molar-refractivity contribution is 7.91. The molecule has 48 heavy (non-hydrogen) atoms. The van der Waals surface area contributed by atoms with Crippen molar-refractivity contribution >= 4 is 48.7 Å². The summed E-state index contributed by atoms with van der Waals surface area (Å²) in [7, 11) is -6.58.